The van der Waals surface area contributed by atoms with Crippen LogP contribution in [0.4, 0.5) is 36.8 Å². The quantitative estimate of drug-likeness (QED) is 0.149. The summed E-state index contributed by atoms with van der Waals surface area (Å²) in [6.45, 7) is 1.58. The number of nitrogens with zero attached hydrogens (tertiary/aromatic N) is 6. The molecule has 17 heteroatoms. The number of hydrazone groups is 1. The molecule has 232 valence electrons. The van der Waals surface area contributed by atoms with Gasteiger partial charge >= 0.3 is 18.6 Å². The number of rotatable bonds is 6. The topological polar surface area (TPSA) is 114 Å². The van der Waals surface area contributed by atoms with Crippen molar-refractivity contribution in [1.82, 2.24) is 20.2 Å². The van der Waals surface area contributed by atoms with Gasteiger partial charge in [0.1, 0.15) is 12.1 Å². The lowest BCUT2D eigenvalue weighted by Gasteiger charge is -2.21. The molecule has 1 aromatic heterocycles. The number of alkyl halides is 6. The van der Waals surface area contributed by atoms with Gasteiger partial charge in [-0.2, -0.15) is 23.3 Å². The number of ether oxygens (including phenoxy) is 1. The molecule has 0 aliphatic carbocycles. The molecule has 10 nitrogen and oxygen atoms in total. The van der Waals surface area contributed by atoms with E-state index in [-0.39, 0.29) is 16.7 Å². The van der Waals surface area contributed by atoms with Crippen molar-refractivity contribution in [2.45, 2.75) is 19.5 Å². The molecular formula is C28H19F6N7O3S. The summed E-state index contributed by atoms with van der Waals surface area (Å²) >= 11 is 0.825. The number of hydrogen-bond acceptors (Lipinski definition) is 7. The second kappa shape index (κ2) is 12.4. The standard InChI is InChI=1S/C28H19F6N7O3S/c1-16-2-11-21(27(29,30)31)22(12-16)41-23(42)14-45-26(41)37-25(43)38-36-13-17-3-5-18(6-4-17)24-35-15-40(39-24)19-7-9-20(10-8-19)44-28(32,33)34/h2-13,15H,14H2,1H3,(H,38,43)/b36-13+,37-26?. The first-order chi connectivity index (χ1) is 21.3. The number of aryl methyl sites for hydroxylation is 1. The number of thioether (sulfide) groups is 1. The minimum Gasteiger partial charge on any atom is -0.406 e. The summed E-state index contributed by atoms with van der Waals surface area (Å²) in [7, 11) is 0. The van der Waals surface area contributed by atoms with Gasteiger partial charge in [0.2, 0.25) is 5.91 Å². The van der Waals surface area contributed by atoms with Crippen LogP contribution in [0.2, 0.25) is 0 Å². The molecule has 2 heterocycles. The van der Waals surface area contributed by atoms with Crippen molar-refractivity contribution in [1.29, 1.82) is 0 Å². The zero-order valence-electron chi connectivity index (χ0n) is 22.8. The molecule has 1 aliphatic rings. The molecule has 3 aromatic carbocycles. The summed E-state index contributed by atoms with van der Waals surface area (Å²) in [6.07, 6.45) is -6.84. The molecule has 4 aromatic rings. The monoisotopic (exact) mass is 647 g/mol. The van der Waals surface area contributed by atoms with E-state index in [2.05, 4.69) is 30.3 Å². The highest BCUT2D eigenvalue weighted by Crippen LogP contribution is 2.39. The Labute approximate surface area is 254 Å². The van der Waals surface area contributed by atoms with E-state index >= 15 is 0 Å². The van der Waals surface area contributed by atoms with Crippen LogP contribution in [-0.2, 0) is 11.0 Å². The van der Waals surface area contributed by atoms with Crippen LogP contribution in [0.5, 0.6) is 5.75 Å². The molecule has 0 unspecified atom stereocenters. The smallest absolute Gasteiger partial charge is 0.406 e. The number of nitrogens with one attached hydrogen (secondary N) is 1. The number of amides is 3. The minimum atomic E-state index is -4.80. The summed E-state index contributed by atoms with van der Waals surface area (Å²) in [5.41, 5.74) is 2.80. The summed E-state index contributed by atoms with van der Waals surface area (Å²) in [4.78, 5) is 33.6. The lowest BCUT2D eigenvalue weighted by atomic mass is 10.1. The second-order valence-electron chi connectivity index (χ2n) is 9.28. The highest BCUT2D eigenvalue weighted by molar-refractivity contribution is 8.15. The molecule has 45 heavy (non-hydrogen) atoms. The molecule has 0 saturated carbocycles. The summed E-state index contributed by atoms with van der Waals surface area (Å²) < 4.78 is 83.1. The van der Waals surface area contributed by atoms with Crippen LogP contribution in [0.25, 0.3) is 17.1 Å². The average molecular weight is 648 g/mol. The molecule has 0 atom stereocenters. The Morgan fingerprint density at radius 3 is 2.40 bits per heavy atom. The Hall–Kier alpha value is -5.19. The van der Waals surface area contributed by atoms with Crippen molar-refractivity contribution in [3.63, 3.8) is 0 Å². The fourth-order valence-electron chi connectivity index (χ4n) is 4.06. The number of halogens is 6. The van der Waals surface area contributed by atoms with Gasteiger partial charge in [-0.05, 0) is 54.4 Å². The van der Waals surface area contributed by atoms with Crippen LogP contribution in [0.3, 0.4) is 0 Å². The Balaban J connectivity index is 1.22. The van der Waals surface area contributed by atoms with E-state index in [9.17, 15) is 35.9 Å². The Kier molecular flexibility index (Phi) is 8.63. The lowest BCUT2D eigenvalue weighted by molar-refractivity contribution is -0.274. The molecule has 1 N–H and O–H groups in total. The van der Waals surface area contributed by atoms with Gasteiger partial charge in [-0.1, -0.05) is 42.1 Å². The van der Waals surface area contributed by atoms with Crippen molar-refractivity contribution < 1.29 is 40.7 Å². The third kappa shape index (κ3) is 7.67. The first-order valence-corrected chi connectivity index (χ1v) is 13.7. The fraction of sp³-hybridized carbons (Fsp3) is 0.143. The van der Waals surface area contributed by atoms with Gasteiger partial charge in [0, 0.05) is 5.56 Å². The Morgan fingerprint density at radius 1 is 1.02 bits per heavy atom. The van der Waals surface area contributed by atoms with E-state index < -0.39 is 35.7 Å². The molecule has 1 aliphatic heterocycles. The van der Waals surface area contributed by atoms with Crippen LogP contribution < -0.4 is 15.1 Å². The number of hydrogen-bond donors (Lipinski definition) is 1. The van der Waals surface area contributed by atoms with Gasteiger partial charge < -0.3 is 4.74 Å². The van der Waals surface area contributed by atoms with E-state index in [1.807, 2.05) is 0 Å². The maximum atomic E-state index is 13.6. The zero-order valence-corrected chi connectivity index (χ0v) is 23.6. The zero-order chi connectivity index (χ0) is 32.4. The lowest BCUT2D eigenvalue weighted by Crippen LogP contribution is -2.32. The van der Waals surface area contributed by atoms with E-state index in [0.717, 1.165) is 34.9 Å². The van der Waals surface area contributed by atoms with Crippen molar-refractivity contribution in [2.75, 3.05) is 10.7 Å². The molecule has 5 rings (SSSR count). The van der Waals surface area contributed by atoms with Gasteiger partial charge in [0.25, 0.3) is 0 Å². The van der Waals surface area contributed by atoms with E-state index in [0.29, 0.717) is 28.2 Å². The number of carbonyl (C=O) groups excluding carboxylic acids is 2. The Morgan fingerprint density at radius 2 is 1.73 bits per heavy atom. The highest BCUT2D eigenvalue weighted by Gasteiger charge is 2.40. The maximum absolute atomic E-state index is 13.6. The molecular weight excluding hydrogens is 628 g/mol. The third-order valence-electron chi connectivity index (χ3n) is 6.03. The number of aliphatic imine (C=N–C) groups is 1. The van der Waals surface area contributed by atoms with Gasteiger partial charge in [-0.3, -0.25) is 9.69 Å². The number of urea groups is 1. The minimum absolute atomic E-state index is 0.191. The SMILES string of the molecule is Cc1ccc(C(F)(F)F)c(N2C(=O)CSC2=NC(=O)N/N=C/c2ccc(-c3ncn(-c4ccc(OC(F)(F)F)cc4)n3)cc2)c1. The van der Waals surface area contributed by atoms with E-state index in [1.165, 1.54) is 41.5 Å². The molecule has 0 radical (unpaired) electrons. The normalized spacial score (nSPS) is 14.9. The summed E-state index contributed by atoms with van der Waals surface area (Å²) in [6, 6.07) is 14.1. The molecule has 0 spiro atoms. The third-order valence-corrected chi connectivity index (χ3v) is 6.95. The van der Waals surface area contributed by atoms with Crippen LogP contribution in [0.15, 0.2) is 83.2 Å². The van der Waals surface area contributed by atoms with Gasteiger partial charge in [-0.15, -0.1) is 18.3 Å². The van der Waals surface area contributed by atoms with Crippen LogP contribution in [0.1, 0.15) is 16.7 Å². The maximum Gasteiger partial charge on any atom is 0.573 e. The predicted molar refractivity (Wildman–Crippen MR) is 153 cm³/mol. The number of aromatic nitrogens is 3. The molecule has 3 amide bonds. The highest BCUT2D eigenvalue weighted by atomic mass is 32.2. The number of anilines is 1. The van der Waals surface area contributed by atoms with Crippen molar-refractivity contribution in [3.8, 4) is 22.8 Å². The molecule has 1 fully saturated rings. The number of amidine groups is 1. The Bertz CT molecular complexity index is 1790. The molecule has 0 bridgehead atoms. The van der Waals surface area contributed by atoms with Gasteiger partial charge in [-0.25, -0.2) is 19.9 Å². The van der Waals surface area contributed by atoms with Crippen molar-refractivity contribution in [3.05, 3.63) is 89.7 Å². The number of carbonyl (C=O) groups is 2. The van der Waals surface area contributed by atoms with Crippen LogP contribution in [0, 0.1) is 6.92 Å². The van der Waals surface area contributed by atoms with Crippen LogP contribution in [-0.4, -0.2) is 50.2 Å². The van der Waals surface area contributed by atoms with Crippen molar-refractivity contribution in [2.24, 2.45) is 10.1 Å². The average Bonchev–Trinajstić information content (AvgIpc) is 3.59. The second-order valence-corrected chi connectivity index (χ2v) is 10.2. The first kappa shape index (κ1) is 31.2. The largest absolute Gasteiger partial charge is 0.573 e. The van der Waals surface area contributed by atoms with Gasteiger partial charge in [0.05, 0.1) is 28.9 Å². The summed E-state index contributed by atoms with van der Waals surface area (Å²) in [5.74, 6) is -0.889. The van der Waals surface area contributed by atoms with E-state index in [1.54, 1.807) is 31.2 Å². The predicted octanol–water partition coefficient (Wildman–Crippen LogP) is 6.34. The van der Waals surface area contributed by atoms with Gasteiger partial charge in [0.15, 0.2) is 11.0 Å². The fourth-order valence-corrected chi connectivity index (χ4v) is 4.92. The van der Waals surface area contributed by atoms with Crippen molar-refractivity contribution >= 4 is 40.8 Å². The van der Waals surface area contributed by atoms with E-state index in [4.69, 9.17) is 0 Å². The first-order valence-electron chi connectivity index (χ1n) is 12.7. The molecule has 1 saturated heterocycles. The number of benzene rings is 3. The van der Waals surface area contributed by atoms with Crippen LogP contribution >= 0.6 is 11.8 Å². The summed E-state index contributed by atoms with van der Waals surface area (Å²) in [5, 5.41) is 7.91.